The molecule has 1 N–H and O–H groups in total. The van der Waals surface area contributed by atoms with Crippen LogP contribution in [0, 0.1) is 26.7 Å². The number of benzene rings is 1. The van der Waals surface area contributed by atoms with E-state index in [4.69, 9.17) is 4.74 Å². The first-order valence-corrected chi connectivity index (χ1v) is 10.4. The highest BCUT2D eigenvalue weighted by atomic mass is 19.4. The first kappa shape index (κ1) is 24.3. The summed E-state index contributed by atoms with van der Waals surface area (Å²) in [6.45, 7) is 4.53. The molecule has 1 fully saturated rings. The van der Waals surface area contributed by atoms with Crippen molar-refractivity contribution in [2.24, 2.45) is 0 Å². The lowest BCUT2D eigenvalue weighted by Gasteiger charge is -2.24. The number of ether oxygens (including phenoxy) is 1. The van der Waals surface area contributed by atoms with Crippen molar-refractivity contribution in [3.63, 3.8) is 0 Å². The highest BCUT2D eigenvalue weighted by Crippen LogP contribution is 2.33. The molecular formula is C24H25F3N4O2. The fourth-order valence-corrected chi connectivity index (χ4v) is 3.98. The van der Waals surface area contributed by atoms with Gasteiger partial charge in [-0.2, -0.15) is 13.2 Å². The summed E-state index contributed by atoms with van der Waals surface area (Å²) in [4.78, 5) is 21.5. The molecule has 3 heterocycles. The predicted octanol–water partition coefficient (Wildman–Crippen LogP) is 4.64. The highest BCUT2D eigenvalue weighted by molar-refractivity contribution is 5.88. The maximum Gasteiger partial charge on any atom is 0.416 e. The first-order valence-electron chi connectivity index (χ1n) is 10.4. The van der Waals surface area contributed by atoms with Crippen LogP contribution < -0.4 is 10.9 Å². The molecule has 0 spiro atoms. The number of pyridine rings is 1. The van der Waals surface area contributed by atoms with E-state index in [9.17, 15) is 18.0 Å². The molecule has 0 bridgehead atoms. The minimum atomic E-state index is -4.40. The van der Waals surface area contributed by atoms with Crippen LogP contribution in [-0.4, -0.2) is 27.7 Å². The van der Waals surface area contributed by atoms with Crippen molar-refractivity contribution in [2.45, 2.75) is 45.5 Å². The van der Waals surface area contributed by atoms with Gasteiger partial charge in [-0.05, 0) is 43.9 Å². The van der Waals surface area contributed by atoms with Gasteiger partial charge in [-0.3, -0.25) is 4.79 Å². The van der Waals surface area contributed by atoms with Crippen molar-refractivity contribution in [3.8, 4) is 12.8 Å². The molecule has 1 aromatic carbocycles. The average molecular weight is 458 g/mol. The zero-order valence-electron chi connectivity index (χ0n) is 18.4. The monoisotopic (exact) mass is 458 g/mol. The van der Waals surface area contributed by atoms with Crippen LogP contribution in [0.4, 0.5) is 19.0 Å². The van der Waals surface area contributed by atoms with E-state index in [0.717, 1.165) is 18.9 Å². The van der Waals surface area contributed by atoms with Crippen molar-refractivity contribution in [1.29, 1.82) is 0 Å². The maximum atomic E-state index is 13.2. The average Bonchev–Trinajstić information content (AvgIpc) is 2.79. The third kappa shape index (κ3) is 5.34. The minimum Gasteiger partial charge on any atom is -0.381 e. The summed E-state index contributed by atoms with van der Waals surface area (Å²) in [7, 11) is 0. The number of aromatic nitrogens is 3. The smallest absolute Gasteiger partial charge is 0.381 e. The molecule has 1 saturated heterocycles. The second-order valence-electron chi connectivity index (χ2n) is 7.72. The van der Waals surface area contributed by atoms with Crippen molar-refractivity contribution < 1.29 is 17.9 Å². The number of halogens is 3. The zero-order chi connectivity index (χ0) is 24.2. The molecule has 1 aliphatic rings. The number of terminal acetylenes is 1. The number of rotatable bonds is 4. The Morgan fingerprint density at radius 3 is 2.55 bits per heavy atom. The van der Waals surface area contributed by atoms with Gasteiger partial charge in [0.1, 0.15) is 11.6 Å². The Hall–Kier alpha value is -3.38. The lowest BCUT2D eigenvalue weighted by Crippen LogP contribution is -2.28. The lowest BCUT2D eigenvalue weighted by atomic mass is 10.0. The van der Waals surface area contributed by atoms with E-state index in [1.54, 1.807) is 23.8 Å². The quantitative estimate of drug-likeness (QED) is 0.577. The van der Waals surface area contributed by atoms with Crippen LogP contribution in [0.15, 0.2) is 35.3 Å². The number of nitrogens with zero attached hydrogens (tertiary/aromatic N) is 3. The molecule has 3 aromatic rings. The highest BCUT2D eigenvalue weighted by Gasteiger charge is 2.32. The Balaban J connectivity index is 0.00000149. The van der Waals surface area contributed by atoms with Crippen molar-refractivity contribution in [2.75, 3.05) is 18.5 Å². The molecule has 0 unspecified atom stereocenters. The van der Waals surface area contributed by atoms with E-state index >= 15 is 0 Å². The molecule has 0 amide bonds. The Labute approximate surface area is 189 Å². The number of anilines is 1. The second-order valence-corrected chi connectivity index (χ2v) is 7.72. The van der Waals surface area contributed by atoms with Crippen LogP contribution in [-0.2, 0) is 17.5 Å². The number of fused-ring (bicyclic) bond motifs is 1. The van der Waals surface area contributed by atoms with Gasteiger partial charge in [0.2, 0.25) is 0 Å². The fraction of sp³-hybridized carbons (Fsp3) is 0.375. The summed E-state index contributed by atoms with van der Waals surface area (Å²) in [5, 5.41) is 3.81. The van der Waals surface area contributed by atoms with E-state index in [0.29, 0.717) is 41.3 Å². The van der Waals surface area contributed by atoms with Crippen molar-refractivity contribution in [1.82, 2.24) is 14.5 Å². The van der Waals surface area contributed by atoms with Crippen LogP contribution in [0.2, 0.25) is 0 Å². The first-order chi connectivity index (χ1) is 15.7. The number of nitrogens with one attached hydrogen (secondary N) is 1. The van der Waals surface area contributed by atoms with Crippen LogP contribution in [0.25, 0.3) is 10.9 Å². The molecule has 0 aliphatic carbocycles. The molecule has 1 aliphatic heterocycles. The predicted molar refractivity (Wildman–Crippen MR) is 121 cm³/mol. The fourth-order valence-electron chi connectivity index (χ4n) is 3.98. The topological polar surface area (TPSA) is 69.0 Å². The molecular weight excluding hydrogens is 433 g/mol. The van der Waals surface area contributed by atoms with Gasteiger partial charge in [0, 0.05) is 38.1 Å². The van der Waals surface area contributed by atoms with Crippen LogP contribution in [0.1, 0.15) is 41.4 Å². The SMILES string of the molecule is C#C.Cc1nc(NCc2cccc(C(F)(F)F)c2C)c2cn(C3CCOCC3)c(=O)cc2n1. The standard InChI is InChI=1S/C22H23F3N4O2.C2H2/c1-13-15(4-3-5-18(13)22(23,24)25)11-26-21-17-12-29(16-6-8-31-9-7-16)20(30)10-19(17)27-14(2)28-21;1-2/h3-5,10,12,16H,6-9,11H2,1-2H3,(H,26,27,28);1-2H. The lowest BCUT2D eigenvalue weighted by molar-refractivity contribution is -0.138. The summed E-state index contributed by atoms with van der Waals surface area (Å²) in [5.41, 5.74) is 0.416. The molecule has 0 saturated carbocycles. The van der Waals surface area contributed by atoms with E-state index in [1.807, 2.05) is 0 Å². The summed E-state index contributed by atoms with van der Waals surface area (Å²) in [5.74, 6) is 0.958. The van der Waals surface area contributed by atoms with Gasteiger partial charge in [0.15, 0.2) is 0 Å². The Morgan fingerprint density at radius 1 is 1.18 bits per heavy atom. The van der Waals surface area contributed by atoms with Crippen LogP contribution in [0.3, 0.4) is 0 Å². The summed E-state index contributed by atoms with van der Waals surface area (Å²) < 4.78 is 46.8. The van der Waals surface area contributed by atoms with Crippen molar-refractivity contribution >= 4 is 16.7 Å². The van der Waals surface area contributed by atoms with Crippen LogP contribution in [0.5, 0.6) is 0 Å². The van der Waals surface area contributed by atoms with Gasteiger partial charge >= 0.3 is 6.18 Å². The molecule has 174 valence electrons. The number of hydrogen-bond donors (Lipinski definition) is 1. The van der Waals surface area contributed by atoms with Gasteiger partial charge in [0.25, 0.3) is 5.56 Å². The molecule has 33 heavy (non-hydrogen) atoms. The molecule has 4 rings (SSSR count). The largest absolute Gasteiger partial charge is 0.416 e. The van der Waals surface area contributed by atoms with Crippen molar-refractivity contribution in [3.05, 3.63) is 63.3 Å². The molecule has 6 nitrogen and oxygen atoms in total. The third-order valence-corrected chi connectivity index (χ3v) is 5.65. The van der Waals surface area contributed by atoms with E-state index in [-0.39, 0.29) is 23.7 Å². The molecule has 0 radical (unpaired) electrons. The van der Waals surface area contributed by atoms with Gasteiger partial charge < -0.3 is 14.6 Å². The zero-order valence-corrected chi connectivity index (χ0v) is 18.4. The Morgan fingerprint density at radius 2 is 1.88 bits per heavy atom. The molecule has 0 atom stereocenters. The van der Waals surface area contributed by atoms with Gasteiger partial charge in [0.05, 0.1) is 16.5 Å². The summed E-state index contributed by atoms with van der Waals surface area (Å²) in [6, 6.07) is 5.66. The van der Waals surface area contributed by atoms with Gasteiger partial charge in [-0.1, -0.05) is 12.1 Å². The van der Waals surface area contributed by atoms with E-state index in [2.05, 4.69) is 28.1 Å². The van der Waals surface area contributed by atoms with Crippen LogP contribution >= 0.6 is 0 Å². The third-order valence-electron chi connectivity index (χ3n) is 5.65. The summed E-state index contributed by atoms with van der Waals surface area (Å²) >= 11 is 0. The van der Waals surface area contributed by atoms with E-state index in [1.165, 1.54) is 19.1 Å². The molecule has 9 heteroatoms. The number of hydrogen-bond acceptors (Lipinski definition) is 5. The summed E-state index contributed by atoms with van der Waals surface area (Å²) in [6.07, 6.45) is 6.82. The minimum absolute atomic E-state index is 0.0329. The van der Waals surface area contributed by atoms with Gasteiger partial charge in [-0.25, -0.2) is 9.97 Å². The Kier molecular flexibility index (Phi) is 7.39. The Bertz CT molecular complexity index is 1210. The number of alkyl halides is 3. The molecule has 2 aromatic heterocycles. The second kappa shape index (κ2) is 10.0. The normalized spacial score (nSPS) is 14.5. The van der Waals surface area contributed by atoms with Gasteiger partial charge in [-0.15, -0.1) is 12.8 Å². The number of aryl methyl sites for hydroxylation is 1. The maximum absolute atomic E-state index is 13.2. The van der Waals surface area contributed by atoms with E-state index < -0.39 is 11.7 Å².